The Morgan fingerprint density at radius 2 is 1.83 bits per heavy atom. The average molecular weight is 516 g/mol. The number of aliphatic imine (C=N–C) groups is 1. The molecule has 0 radical (unpaired) electrons. The summed E-state index contributed by atoms with van der Waals surface area (Å²) in [6.45, 7) is 2.62. The number of likely N-dealkylation sites (tertiary alicyclic amines) is 1. The number of amides is 1. The number of carbonyl (C=O) groups excluding carboxylic acids is 1. The predicted octanol–water partition coefficient (Wildman–Crippen LogP) is 2.91. The quantitative estimate of drug-likeness (QED) is 0.344. The van der Waals surface area contributed by atoms with Crippen LogP contribution in [0.25, 0.3) is 0 Å². The maximum atomic E-state index is 12.7. The standard InChI is InChI=1S/C22H36N4O2.HI/c1-23-21(24-16-8-12-26(14-16)20(27)15-6-2-3-7-15)25-18-17-9-13-28-19(17)22(18)10-4-5-11-22;/h15-19H,2-14H2,1H3,(H2,23,24,25);1H. The highest BCUT2D eigenvalue weighted by atomic mass is 127. The molecular formula is C22H37IN4O2. The highest BCUT2D eigenvalue weighted by Gasteiger charge is 2.65. The third kappa shape index (κ3) is 3.79. The van der Waals surface area contributed by atoms with E-state index in [9.17, 15) is 4.79 Å². The van der Waals surface area contributed by atoms with Gasteiger partial charge >= 0.3 is 0 Å². The van der Waals surface area contributed by atoms with Crippen LogP contribution in [0.5, 0.6) is 0 Å². The number of hydrogen-bond donors (Lipinski definition) is 2. The summed E-state index contributed by atoms with van der Waals surface area (Å²) in [5.74, 6) is 2.23. The lowest BCUT2D eigenvalue weighted by Gasteiger charge is -2.57. The molecule has 2 heterocycles. The van der Waals surface area contributed by atoms with Crippen LogP contribution in [0.2, 0.25) is 0 Å². The normalized spacial score (nSPS) is 36.0. The minimum Gasteiger partial charge on any atom is -0.377 e. The molecule has 7 heteroatoms. The van der Waals surface area contributed by atoms with Crippen LogP contribution in [0.4, 0.5) is 0 Å². The maximum absolute atomic E-state index is 12.7. The van der Waals surface area contributed by atoms with Gasteiger partial charge in [0.05, 0.1) is 6.10 Å². The Labute approximate surface area is 192 Å². The van der Waals surface area contributed by atoms with Crippen molar-refractivity contribution in [1.29, 1.82) is 0 Å². The molecule has 5 aliphatic rings. The minimum atomic E-state index is 0. The molecule has 29 heavy (non-hydrogen) atoms. The van der Waals surface area contributed by atoms with Crippen molar-refractivity contribution in [3.05, 3.63) is 0 Å². The molecule has 3 saturated carbocycles. The van der Waals surface area contributed by atoms with Gasteiger partial charge < -0.3 is 20.3 Å². The summed E-state index contributed by atoms with van der Waals surface area (Å²) in [5.41, 5.74) is 0.332. The molecule has 2 N–H and O–H groups in total. The lowest BCUT2D eigenvalue weighted by Crippen LogP contribution is -2.69. The molecule has 6 nitrogen and oxygen atoms in total. The number of ether oxygens (including phenoxy) is 1. The lowest BCUT2D eigenvalue weighted by atomic mass is 9.54. The number of hydrogen-bond acceptors (Lipinski definition) is 3. The summed E-state index contributed by atoms with van der Waals surface area (Å²) in [4.78, 5) is 19.3. The summed E-state index contributed by atoms with van der Waals surface area (Å²) >= 11 is 0. The summed E-state index contributed by atoms with van der Waals surface area (Å²) in [6, 6.07) is 0.804. The molecule has 0 aromatic heterocycles. The molecule has 1 amide bonds. The average Bonchev–Trinajstić information content (AvgIpc) is 3.49. The highest BCUT2D eigenvalue weighted by Crippen LogP contribution is 2.60. The molecule has 1 spiro atoms. The van der Waals surface area contributed by atoms with E-state index >= 15 is 0 Å². The SMILES string of the molecule is CN=C(NC1CCN(C(=O)C2CCCC2)C1)NC1C2CCOC2C12CCCC2.I. The molecule has 164 valence electrons. The largest absolute Gasteiger partial charge is 0.377 e. The van der Waals surface area contributed by atoms with E-state index in [0.717, 1.165) is 44.9 Å². The second-order valence-corrected chi connectivity index (χ2v) is 9.77. The van der Waals surface area contributed by atoms with Crippen molar-refractivity contribution in [2.75, 3.05) is 26.7 Å². The van der Waals surface area contributed by atoms with Gasteiger partial charge in [-0.1, -0.05) is 25.7 Å². The van der Waals surface area contributed by atoms with E-state index in [4.69, 9.17) is 4.74 Å². The van der Waals surface area contributed by atoms with Crippen LogP contribution >= 0.6 is 24.0 Å². The summed E-state index contributed by atoms with van der Waals surface area (Å²) in [5, 5.41) is 7.42. The Kier molecular flexibility index (Phi) is 6.64. The zero-order valence-corrected chi connectivity index (χ0v) is 20.0. The van der Waals surface area contributed by atoms with Gasteiger partial charge in [-0.25, -0.2) is 0 Å². The Morgan fingerprint density at radius 3 is 2.55 bits per heavy atom. The molecule has 0 aromatic rings. The van der Waals surface area contributed by atoms with Crippen molar-refractivity contribution in [3.8, 4) is 0 Å². The van der Waals surface area contributed by atoms with Gasteiger partial charge in [0.15, 0.2) is 5.96 Å². The molecule has 4 atom stereocenters. The van der Waals surface area contributed by atoms with Crippen LogP contribution in [0.3, 0.4) is 0 Å². The fourth-order valence-corrected chi connectivity index (χ4v) is 6.92. The van der Waals surface area contributed by atoms with E-state index < -0.39 is 0 Å². The fraction of sp³-hybridized carbons (Fsp3) is 0.909. The van der Waals surface area contributed by atoms with E-state index in [1.165, 1.54) is 44.9 Å². The number of rotatable bonds is 3. The van der Waals surface area contributed by atoms with Crippen LogP contribution in [0.1, 0.15) is 64.2 Å². The van der Waals surface area contributed by atoms with Crippen molar-refractivity contribution < 1.29 is 9.53 Å². The molecule has 2 saturated heterocycles. The van der Waals surface area contributed by atoms with Crippen LogP contribution in [0, 0.1) is 17.3 Å². The van der Waals surface area contributed by atoms with Crippen molar-refractivity contribution in [2.24, 2.45) is 22.2 Å². The van der Waals surface area contributed by atoms with E-state index in [-0.39, 0.29) is 29.9 Å². The number of fused-ring (bicyclic) bond motifs is 2. The molecule has 5 rings (SSSR count). The van der Waals surface area contributed by atoms with Gasteiger partial charge in [0.1, 0.15) is 0 Å². The number of guanidine groups is 1. The number of carbonyl (C=O) groups is 1. The first-order chi connectivity index (χ1) is 13.7. The third-order valence-electron chi connectivity index (χ3n) is 8.35. The van der Waals surface area contributed by atoms with E-state index in [1.54, 1.807) is 0 Å². The molecule has 5 fully saturated rings. The smallest absolute Gasteiger partial charge is 0.225 e. The first kappa shape index (κ1) is 21.7. The summed E-state index contributed by atoms with van der Waals surface area (Å²) in [7, 11) is 1.87. The highest BCUT2D eigenvalue weighted by molar-refractivity contribution is 14.0. The van der Waals surface area contributed by atoms with Crippen molar-refractivity contribution in [1.82, 2.24) is 15.5 Å². The summed E-state index contributed by atoms with van der Waals surface area (Å²) in [6.07, 6.45) is 12.5. The molecule has 2 aliphatic heterocycles. The molecular weight excluding hydrogens is 479 g/mol. The fourth-order valence-electron chi connectivity index (χ4n) is 6.92. The van der Waals surface area contributed by atoms with Crippen LogP contribution in [-0.4, -0.2) is 61.7 Å². The monoisotopic (exact) mass is 516 g/mol. The Hall–Kier alpha value is -0.570. The third-order valence-corrected chi connectivity index (χ3v) is 8.35. The van der Waals surface area contributed by atoms with Crippen molar-refractivity contribution in [3.63, 3.8) is 0 Å². The zero-order valence-electron chi connectivity index (χ0n) is 17.7. The van der Waals surface area contributed by atoms with Gasteiger partial charge in [-0.3, -0.25) is 9.79 Å². The molecule has 4 unspecified atom stereocenters. The van der Waals surface area contributed by atoms with Crippen LogP contribution in [0.15, 0.2) is 4.99 Å². The van der Waals surface area contributed by atoms with E-state index in [1.807, 2.05) is 7.05 Å². The molecule has 0 aromatic carbocycles. The van der Waals surface area contributed by atoms with Gasteiger partial charge in [0, 0.05) is 56.1 Å². The topological polar surface area (TPSA) is 66.0 Å². The lowest BCUT2D eigenvalue weighted by molar-refractivity contribution is -0.134. The Balaban J connectivity index is 0.00000205. The first-order valence-corrected chi connectivity index (χ1v) is 11.6. The maximum Gasteiger partial charge on any atom is 0.225 e. The number of halogens is 1. The minimum absolute atomic E-state index is 0. The number of nitrogens with zero attached hydrogens (tertiary/aromatic N) is 2. The van der Waals surface area contributed by atoms with Gasteiger partial charge in [-0.05, 0) is 38.5 Å². The van der Waals surface area contributed by atoms with Crippen LogP contribution in [-0.2, 0) is 9.53 Å². The summed E-state index contributed by atoms with van der Waals surface area (Å²) < 4.78 is 6.11. The molecule has 3 aliphatic carbocycles. The second kappa shape index (κ2) is 8.89. The van der Waals surface area contributed by atoms with Gasteiger partial charge in [-0.15, -0.1) is 24.0 Å². The Bertz CT molecular complexity index is 630. The van der Waals surface area contributed by atoms with Crippen molar-refractivity contribution >= 4 is 35.8 Å². The first-order valence-electron chi connectivity index (χ1n) is 11.6. The van der Waals surface area contributed by atoms with Crippen molar-refractivity contribution in [2.45, 2.75) is 82.4 Å². The van der Waals surface area contributed by atoms with E-state index in [0.29, 0.717) is 35.4 Å². The molecule has 0 bridgehead atoms. The van der Waals surface area contributed by atoms with Gasteiger partial charge in [0.2, 0.25) is 5.91 Å². The second-order valence-electron chi connectivity index (χ2n) is 9.77. The Morgan fingerprint density at radius 1 is 1.07 bits per heavy atom. The number of nitrogens with one attached hydrogen (secondary N) is 2. The van der Waals surface area contributed by atoms with E-state index in [2.05, 4.69) is 20.5 Å². The van der Waals surface area contributed by atoms with Gasteiger partial charge in [0.25, 0.3) is 0 Å². The van der Waals surface area contributed by atoms with Gasteiger partial charge in [-0.2, -0.15) is 0 Å². The van der Waals surface area contributed by atoms with Crippen LogP contribution < -0.4 is 10.6 Å². The zero-order chi connectivity index (χ0) is 19.1. The predicted molar refractivity (Wildman–Crippen MR) is 125 cm³/mol.